The summed E-state index contributed by atoms with van der Waals surface area (Å²) in [7, 11) is 0. The molecule has 0 aromatic heterocycles. The van der Waals surface area contributed by atoms with Gasteiger partial charge < -0.3 is 20.7 Å². The molecule has 2 aromatic carbocycles. The summed E-state index contributed by atoms with van der Waals surface area (Å²) in [5.41, 5.74) is 1.45. The number of carbonyl (C=O) groups excluding carboxylic acids is 3. The fourth-order valence-corrected chi connectivity index (χ4v) is 2.13. The maximum atomic E-state index is 12.1. The molecule has 0 spiro atoms. The van der Waals surface area contributed by atoms with Gasteiger partial charge in [-0.05, 0) is 50.2 Å². The van der Waals surface area contributed by atoms with E-state index >= 15 is 0 Å². The summed E-state index contributed by atoms with van der Waals surface area (Å²) in [6, 6.07) is 13.3. The molecular weight excluding hydrogens is 334 g/mol. The first-order valence-electron chi connectivity index (χ1n) is 8.11. The number of amides is 3. The van der Waals surface area contributed by atoms with Crippen molar-refractivity contribution in [2.45, 2.75) is 26.9 Å². The van der Waals surface area contributed by atoms with E-state index in [1.165, 1.54) is 6.92 Å². The van der Waals surface area contributed by atoms with E-state index in [0.717, 1.165) is 0 Å². The van der Waals surface area contributed by atoms with Crippen molar-refractivity contribution >= 4 is 34.8 Å². The third-order valence-corrected chi connectivity index (χ3v) is 3.17. The number of para-hydroxylation sites is 2. The van der Waals surface area contributed by atoms with Crippen molar-refractivity contribution in [3.63, 3.8) is 0 Å². The summed E-state index contributed by atoms with van der Waals surface area (Å²) in [6.45, 7) is 5.15. The molecule has 7 nitrogen and oxygen atoms in total. The first kappa shape index (κ1) is 19.0. The number of rotatable bonds is 5. The Hall–Kier alpha value is -3.35. The Morgan fingerprint density at radius 2 is 1.35 bits per heavy atom. The van der Waals surface area contributed by atoms with E-state index in [2.05, 4.69) is 16.0 Å². The minimum atomic E-state index is -0.809. The number of ether oxygens (including phenoxy) is 1. The molecule has 0 aliphatic carbocycles. The lowest BCUT2D eigenvalue weighted by molar-refractivity contribution is -0.133. The van der Waals surface area contributed by atoms with E-state index in [4.69, 9.17) is 4.74 Å². The Balaban J connectivity index is 2.00. The van der Waals surface area contributed by atoms with Gasteiger partial charge in [0.1, 0.15) is 5.75 Å². The Kier molecular flexibility index (Phi) is 6.32. The predicted octanol–water partition coefficient (Wildman–Crippen LogP) is 3.01. The molecule has 0 saturated heterocycles. The van der Waals surface area contributed by atoms with Crippen LogP contribution in [0.15, 0.2) is 48.5 Å². The van der Waals surface area contributed by atoms with Crippen LogP contribution in [0.1, 0.15) is 20.8 Å². The zero-order valence-electron chi connectivity index (χ0n) is 14.8. The molecule has 0 saturated carbocycles. The summed E-state index contributed by atoms with van der Waals surface area (Å²) in [6.07, 6.45) is -0.0657. The molecule has 3 N–H and O–H groups in total. The highest BCUT2D eigenvalue weighted by Gasteiger charge is 2.16. The SMILES string of the molecule is CC(=O)Nc1ccc(NC(=O)C(=O)Nc2ccccc2OC(C)C)cc1. The van der Waals surface area contributed by atoms with E-state index in [0.29, 0.717) is 22.8 Å². The quantitative estimate of drug-likeness (QED) is 0.718. The van der Waals surface area contributed by atoms with Gasteiger partial charge in [0, 0.05) is 18.3 Å². The van der Waals surface area contributed by atoms with Crippen molar-refractivity contribution in [3.05, 3.63) is 48.5 Å². The molecule has 0 unspecified atom stereocenters. The number of hydrogen-bond acceptors (Lipinski definition) is 4. The summed E-state index contributed by atoms with van der Waals surface area (Å²) in [5, 5.41) is 7.66. The van der Waals surface area contributed by atoms with Gasteiger partial charge in [0.2, 0.25) is 5.91 Å². The first-order valence-corrected chi connectivity index (χ1v) is 8.11. The van der Waals surface area contributed by atoms with E-state index in [9.17, 15) is 14.4 Å². The summed E-state index contributed by atoms with van der Waals surface area (Å²) in [5.74, 6) is -1.32. The molecule has 2 aromatic rings. The monoisotopic (exact) mass is 355 g/mol. The van der Waals surface area contributed by atoms with Crippen LogP contribution in [-0.2, 0) is 14.4 Å². The number of benzene rings is 2. The Labute approximate surface area is 151 Å². The molecule has 0 bridgehead atoms. The first-order chi connectivity index (χ1) is 12.3. The van der Waals surface area contributed by atoms with Crippen LogP contribution in [-0.4, -0.2) is 23.8 Å². The number of nitrogens with one attached hydrogen (secondary N) is 3. The minimum absolute atomic E-state index is 0.0657. The van der Waals surface area contributed by atoms with E-state index in [1.54, 1.807) is 48.5 Å². The largest absolute Gasteiger partial charge is 0.489 e. The lowest BCUT2D eigenvalue weighted by Crippen LogP contribution is -2.29. The van der Waals surface area contributed by atoms with Crippen molar-refractivity contribution in [1.82, 2.24) is 0 Å². The van der Waals surface area contributed by atoms with Crippen LogP contribution in [0.5, 0.6) is 5.75 Å². The number of carbonyl (C=O) groups is 3. The van der Waals surface area contributed by atoms with Crippen LogP contribution >= 0.6 is 0 Å². The number of hydrogen-bond donors (Lipinski definition) is 3. The van der Waals surface area contributed by atoms with Gasteiger partial charge in [-0.15, -0.1) is 0 Å². The lowest BCUT2D eigenvalue weighted by atomic mass is 10.2. The standard InChI is InChI=1S/C19H21N3O4/c1-12(2)26-17-7-5-4-6-16(17)22-19(25)18(24)21-15-10-8-14(9-11-15)20-13(3)23/h4-12H,1-3H3,(H,20,23)(H,21,24)(H,22,25). The van der Waals surface area contributed by atoms with Gasteiger partial charge in [-0.1, -0.05) is 12.1 Å². The van der Waals surface area contributed by atoms with Crippen molar-refractivity contribution in [2.24, 2.45) is 0 Å². The topological polar surface area (TPSA) is 96.5 Å². The Morgan fingerprint density at radius 3 is 1.92 bits per heavy atom. The Morgan fingerprint density at radius 1 is 0.808 bits per heavy atom. The smallest absolute Gasteiger partial charge is 0.314 e. The molecule has 2 rings (SSSR count). The van der Waals surface area contributed by atoms with Crippen LogP contribution in [0.3, 0.4) is 0 Å². The number of anilines is 3. The zero-order chi connectivity index (χ0) is 19.1. The predicted molar refractivity (Wildman–Crippen MR) is 100 cm³/mol. The average Bonchev–Trinajstić information content (AvgIpc) is 2.57. The third-order valence-electron chi connectivity index (χ3n) is 3.17. The molecular formula is C19H21N3O4. The maximum absolute atomic E-state index is 12.1. The molecule has 0 fully saturated rings. The van der Waals surface area contributed by atoms with Gasteiger partial charge in [0.25, 0.3) is 0 Å². The Bertz CT molecular complexity index is 801. The van der Waals surface area contributed by atoms with Crippen molar-refractivity contribution < 1.29 is 19.1 Å². The van der Waals surface area contributed by atoms with Gasteiger partial charge in [0.15, 0.2) is 0 Å². The van der Waals surface area contributed by atoms with Crippen molar-refractivity contribution in [1.29, 1.82) is 0 Å². The molecule has 136 valence electrons. The fourth-order valence-electron chi connectivity index (χ4n) is 2.13. The van der Waals surface area contributed by atoms with Crippen LogP contribution in [0.2, 0.25) is 0 Å². The van der Waals surface area contributed by atoms with E-state index in [-0.39, 0.29) is 12.0 Å². The van der Waals surface area contributed by atoms with E-state index in [1.807, 2.05) is 13.8 Å². The molecule has 7 heteroatoms. The third kappa shape index (κ3) is 5.62. The van der Waals surface area contributed by atoms with Crippen LogP contribution in [0.4, 0.5) is 17.1 Å². The molecule has 0 atom stereocenters. The highest BCUT2D eigenvalue weighted by atomic mass is 16.5. The zero-order valence-corrected chi connectivity index (χ0v) is 14.8. The second-order valence-electron chi connectivity index (χ2n) is 5.83. The van der Waals surface area contributed by atoms with Gasteiger partial charge in [-0.3, -0.25) is 14.4 Å². The minimum Gasteiger partial charge on any atom is -0.489 e. The summed E-state index contributed by atoms with van der Waals surface area (Å²) in [4.78, 5) is 35.2. The summed E-state index contributed by atoms with van der Waals surface area (Å²) >= 11 is 0. The highest BCUT2D eigenvalue weighted by Crippen LogP contribution is 2.24. The second kappa shape index (κ2) is 8.66. The van der Waals surface area contributed by atoms with E-state index < -0.39 is 11.8 Å². The molecule has 3 amide bonds. The van der Waals surface area contributed by atoms with Gasteiger partial charge in [-0.25, -0.2) is 0 Å². The maximum Gasteiger partial charge on any atom is 0.314 e. The van der Waals surface area contributed by atoms with Crippen LogP contribution in [0.25, 0.3) is 0 Å². The van der Waals surface area contributed by atoms with Crippen molar-refractivity contribution in [2.75, 3.05) is 16.0 Å². The van der Waals surface area contributed by atoms with Gasteiger partial charge in [-0.2, -0.15) is 0 Å². The van der Waals surface area contributed by atoms with Crippen LogP contribution < -0.4 is 20.7 Å². The van der Waals surface area contributed by atoms with Crippen molar-refractivity contribution in [3.8, 4) is 5.75 Å². The fraction of sp³-hybridized carbons (Fsp3) is 0.211. The molecule has 26 heavy (non-hydrogen) atoms. The normalized spacial score (nSPS) is 10.2. The van der Waals surface area contributed by atoms with Crippen LogP contribution in [0, 0.1) is 0 Å². The lowest BCUT2D eigenvalue weighted by Gasteiger charge is -2.14. The second-order valence-corrected chi connectivity index (χ2v) is 5.83. The molecule has 0 aliphatic heterocycles. The molecule has 0 heterocycles. The highest BCUT2D eigenvalue weighted by molar-refractivity contribution is 6.43. The van der Waals surface area contributed by atoms with Gasteiger partial charge in [0.05, 0.1) is 11.8 Å². The van der Waals surface area contributed by atoms with Gasteiger partial charge >= 0.3 is 11.8 Å². The molecule has 0 radical (unpaired) electrons. The summed E-state index contributed by atoms with van der Waals surface area (Å²) < 4.78 is 5.61. The molecule has 0 aliphatic rings. The average molecular weight is 355 g/mol.